The van der Waals surface area contributed by atoms with Crippen molar-refractivity contribution in [2.45, 2.75) is 28.4 Å². The largest absolute Gasteiger partial charge is 0.393 e. The molecule has 2 aromatic carbocycles. The van der Waals surface area contributed by atoms with Crippen LogP contribution in [-0.4, -0.2) is 37.0 Å². The predicted molar refractivity (Wildman–Crippen MR) is 104 cm³/mol. The molecule has 7 nitrogen and oxygen atoms in total. The number of nitrogens with zero attached hydrogens (tertiary/aromatic N) is 2. The minimum atomic E-state index is -0.469. The Hall–Kier alpha value is -2.29. The molecule has 0 aromatic heterocycles. The minimum absolute atomic E-state index is 0.0622. The van der Waals surface area contributed by atoms with Crippen LogP contribution >= 0.6 is 11.8 Å². The molecule has 27 heavy (non-hydrogen) atoms. The Morgan fingerprint density at radius 3 is 2.26 bits per heavy atom. The second-order valence-corrected chi connectivity index (χ2v) is 7.82. The predicted octanol–water partition coefficient (Wildman–Crippen LogP) is 3.67. The van der Waals surface area contributed by atoms with Gasteiger partial charge in [0, 0.05) is 47.5 Å². The zero-order valence-electron chi connectivity index (χ0n) is 14.8. The monoisotopic (exact) mass is 387 g/mol. The molecule has 2 N–H and O–H groups in total. The second kappa shape index (κ2) is 7.38. The van der Waals surface area contributed by atoms with Crippen molar-refractivity contribution in [1.29, 1.82) is 0 Å². The number of nitrogen functional groups attached to an aromatic ring is 1. The van der Waals surface area contributed by atoms with Crippen LogP contribution in [0.2, 0.25) is 0 Å². The van der Waals surface area contributed by atoms with Gasteiger partial charge in [0.2, 0.25) is 0 Å². The van der Waals surface area contributed by atoms with Crippen molar-refractivity contribution in [3.8, 4) is 0 Å². The van der Waals surface area contributed by atoms with Crippen LogP contribution in [0.4, 0.5) is 17.1 Å². The van der Waals surface area contributed by atoms with Crippen molar-refractivity contribution in [1.82, 2.24) is 0 Å². The van der Waals surface area contributed by atoms with Crippen LogP contribution in [0, 0.1) is 10.1 Å². The number of nitrogens with two attached hydrogens (primary N) is 1. The summed E-state index contributed by atoms with van der Waals surface area (Å²) in [5.74, 6) is -0.359. The summed E-state index contributed by atoms with van der Waals surface area (Å²) in [6, 6.07) is 13.1. The first-order chi connectivity index (χ1) is 13.0. The van der Waals surface area contributed by atoms with E-state index in [0.717, 1.165) is 35.7 Å². The zero-order valence-corrected chi connectivity index (χ0v) is 15.6. The number of hydrogen-bond acceptors (Lipinski definition) is 7. The first-order valence-electron chi connectivity index (χ1n) is 8.89. The number of rotatable bonds is 4. The summed E-state index contributed by atoms with van der Waals surface area (Å²) in [5.41, 5.74) is 7.06. The highest BCUT2D eigenvalue weighted by Gasteiger charge is 2.39. The van der Waals surface area contributed by atoms with Crippen molar-refractivity contribution in [2.75, 3.05) is 36.9 Å². The number of piperidine rings is 1. The Morgan fingerprint density at radius 2 is 1.67 bits per heavy atom. The lowest BCUT2D eigenvalue weighted by Crippen LogP contribution is -2.45. The molecule has 0 saturated carbocycles. The van der Waals surface area contributed by atoms with Gasteiger partial charge in [-0.1, -0.05) is 11.8 Å². The van der Waals surface area contributed by atoms with E-state index in [9.17, 15) is 10.1 Å². The Morgan fingerprint density at radius 1 is 1.04 bits per heavy atom. The van der Waals surface area contributed by atoms with Gasteiger partial charge >= 0.3 is 0 Å². The van der Waals surface area contributed by atoms with Crippen LogP contribution in [-0.2, 0) is 9.47 Å². The van der Waals surface area contributed by atoms with Crippen LogP contribution in [0.25, 0.3) is 0 Å². The Labute approximate surface area is 161 Å². The number of hydrogen-bond donors (Lipinski definition) is 1. The molecule has 0 bridgehead atoms. The molecule has 2 fully saturated rings. The van der Waals surface area contributed by atoms with E-state index in [1.807, 2.05) is 0 Å². The lowest BCUT2D eigenvalue weighted by atomic mass is 10.0. The van der Waals surface area contributed by atoms with Crippen molar-refractivity contribution < 1.29 is 14.4 Å². The maximum absolute atomic E-state index is 10.9. The van der Waals surface area contributed by atoms with Gasteiger partial charge in [-0.25, -0.2) is 0 Å². The fourth-order valence-corrected chi connectivity index (χ4v) is 4.38. The van der Waals surface area contributed by atoms with Crippen LogP contribution in [0.3, 0.4) is 0 Å². The molecule has 2 aliphatic rings. The molecule has 2 aromatic rings. The molecule has 142 valence electrons. The highest BCUT2D eigenvalue weighted by atomic mass is 32.2. The molecular weight excluding hydrogens is 366 g/mol. The molecule has 0 radical (unpaired) electrons. The number of anilines is 2. The van der Waals surface area contributed by atoms with Gasteiger partial charge in [0.25, 0.3) is 5.69 Å². The summed E-state index contributed by atoms with van der Waals surface area (Å²) < 4.78 is 11.6. The fourth-order valence-electron chi connectivity index (χ4n) is 3.51. The van der Waals surface area contributed by atoms with Crippen molar-refractivity contribution >= 4 is 28.8 Å². The van der Waals surface area contributed by atoms with Gasteiger partial charge in [0.05, 0.1) is 18.1 Å². The van der Waals surface area contributed by atoms with E-state index >= 15 is 0 Å². The zero-order chi connectivity index (χ0) is 18.9. The van der Waals surface area contributed by atoms with Crippen molar-refractivity contribution in [3.05, 3.63) is 52.6 Å². The third-order valence-electron chi connectivity index (χ3n) is 4.97. The maximum Gasteiger partial charge on any atom is 0.292 e. The maximum atomic E-state index is 10.9. The summed E-state index contributed by atoms with van der Waals surface area (Å²) >= 11 is 1.53. The highest BCUT2D eigenvalue weighted by molar-refractivity contribution is 7.99. The second-order valence-electron chi connectivity index (χ2n) is 6.67. The summed E-state index contributed by atoms with van der Waals surface area (Å²) in [5, 5.41) is 10.9. The van der Waals surface area contributed by atoms with Gasteiger partial charge in [-0.15, -0.1) is 0 Å². The third-order valence-corrected chi connectivity index (χ3v) is 5.97. The summed E-state index contributed by atoms with van der Waals surface area (Å²) in [6.07, 6.45) is 1.76. The number of nitro benzene ring substituents is 1. The molecular formula is C19H21N3O4S. The molecule has 0 atom stereocenters. The quantitative estimate of drug-likeness (QED) is 0.486. The Balaban J connectivity index is 1.39. The average Bonchev–Trinajstić information content (AvgIpc) is 3.11. The smallest absolute Gasteiger partial charge is 0.292 e. The number of nitro groups is 1. The van der Waals surface area contributed by atoms with Gasteiger partial charge in [-0.3, -0.25) is 10.1 Å². The lowest BCUT2D eigenvalue weighted by molar-refractivity contribution is -0.383. The molecule has 0 amide bonds. The van der Waals surface area contributed by atoms with E-state index < -0.39 is 4.92 Å². The van der Waals surface area contributed by atoms with Crippen LogP contribution in [0.1, 0.15) is 12.8 Å². The van der Waals surface area contributed by atoms with Crippen molar-refractivity contribution in [3.63, 3.8) is 0 Å². The molecule has 2 aliphatic heterocycles. The van der Waals surface area contributed by atoms with Gasteiger partial charge in [-0.05, 0) is 36.4 Å². The normalized spacial score (nSPS) is 18.7. The van der Waals surface area contributed by atoms with Gasteiger partial charge in [-0.2, -0.15) is 0 Å². The molecule has 0 unspecified atom stereocenters. The summed E-state index contributed by atoms with van der Waals surface area (Å²) in [7, 11) is 0. The third kappa shape index (κ3) is 3.87. The lowest BCUT2D eigenvalue weighted by Gasteiger charge is -2.38. The SMILES string of the molecule is Nc1cc(Sc2ccc(N3CCC4(CC3)OCCO4)cc2)ccc1[N+](=O)[O-]. The first-order valence-corrected chi connectivity index (χ1v) is 9.71. The van der Waals surface area contributed by atoms with E-state index in [4.69, 9.17) is 15.2 Å². The topological polar surface area (TPSA) is 90.9 Å². The van der Waals surface area contributed by atoms with Crippen LogP contribution in [0.5, 0.6) is 0 Å². The van der Waals surface area contributed by atoms with Gasteiger partial charge < -0.3 is 20.1 Å². The van der Waals surface area contributed by atoms with Crippen LogP contribution in [0.15, 0.2) is 52.3 Å². The van der Waals surface area contributed by atoms with E-state index in [-0.39, 0.29) is 17.2 Å². The number of ether oxygens (including phenoxy) is 2. The molecule has 4 rings (SSSR count). The van der Waals surface area contributed by atoms with Gasteiger partial charge in [0.15, 0.2) is 5.79 Å². The number of benzene rings is 2. The van der Waals surface area contributed by atoms with E-state index in [1.165, 1.54) is 23.5 Å². The Bertz CT molecular complexity index is 827. The molecule has 0 aliphatic carbocycles. The molecule has 2 heterocycles. The molecule has 8 heteroatoms. The van der Waals surface area contributed by atoms with Crippen LogP contribution < -0.4 is 10.6 Å². The van der Waals surface area contributed by atoms with Gasteiger partial charge in [0.1, 0.15) is 5.69 Å². The molecule has 2 saturated heterocycles. The van der Waals surface area contributed by atoms with E-state index in [0.29, 0.717) is 13.2 Å². The standard InChI is InChI=1S/C19H21N3O4S/c20-17-13-16(5-6-18(17)22(23)24)27-15-3-1-14(2-4-15)21-9-7-19(8-10-21)25-11-12-26-19/h1-6,13H,7-12,20H2. The average molecular weight is 387 g/mol. The van der Waals surface area contributed by atoms with E-state index in [2.05, 4.69) is 29.2 Å². The minimum Gasteiger partial charge on any atom is -0.393 e. The first kappa shape index (κ1) is 18.1. The fraction of sp³-hybridized carbons (Fsp3) is 0.368. The Kier molecular flexibility index (Phi) is 4.94. The van der Waals surface area contributed by atoms with E-state index in [1.54, 1.807) is 12.1 Å². The van der Waals surface area contributed by atoms with Crippen molar-refractivity contribution in [2.24, 2.45) is 0 Å². The highest BCUT2D eigenvalue weighted by Crippen LogP contribution is 2.35. The molecule has 1 spiro atoms. The summed E-state index contributed by atoms with van der Waals surface area (Å²) in [6.45, 7) is 3.20. The summed E-state index contributed by atoms with van der Waals surface area (Å²) in [4.78, 5) is 14.7.